The third-order valence-corrected chi connectivity index (χ3v) is 3.00. The largest absolute Gasteiger partial charge is 0.444 e. The number of hydrogen-bond acceptors (Lipinski definition) is 4. The van der Waals surface area contributed by atoms with Crippen molar-refractivity contribution >= 4 is 17.7 Å². The van der Waals surface area contributed by atoms with Gasteiger partial charge in [0.25, 0.3) is 0 Å². The van der Waals surface area contributed by atoms with Crippen molar-refractivity contribution in [1.82, 2.24) is 20.3 Å². The molecule has 0 saturated heterocycles. The zero-order valence-corrected chi connectivity index (χ0v) is 13.7. The van der Waals surface area contributed by atoms with E-state index >= 15 is 0 Å². The average Bonchev–Trinajstić information content (AvgIpc) is 2.86. The van der Waals surface area contributed by atoms with Crippen LogP contribution in [0.2, 0.25) is 5.15 Å². The zero-order valence-electron chi connectivity index (χ0n) is 13.0. The molecule has 7 heteroatoms. The first kappa shape index (κ1) is 16.3. The summed E-state index contributed by atoms with van der Waals surface area (Å²) in [7, 11) is 0. The summed E-state index contributed by atoms with van der Waals surface area (Å²) in [5.41, 5.74) is 1.14. The van der Waals surface area contributed by atoms with Crippen LogP contribution in [-0.4, -0.2) is 26.6 Å². The third-order valence-electron chi connectivity index (χ3n) is 2.78. The molecule has 0 saturated carbocycles. The standard InChI is InChI=1S/C15H19ClN4O2/c1-9(19-14(21)22-15(2,3)4)13-18-8-11(20-13)10-5-6-12(16)17-7-10/h5-9H,1-4H3,(H,18,20)(H,19,21)/t9-/m0/s1. The number of nitrogens with zero attached hydrogens (tertiary/aromatic N) is 2. The van der Waals surface area contributed by atoms with Gasteiger partial charge in [-0.05, 0) is 39.8 Å². The van der Waals surface area contributed by atoms with Crippen LogP contribution in [0.15, 0.2) is 24.5 Å². The molecule has 0 aliphatic heterocycles. The van der Waals surface area contributed by atoms with Crippen molar-refractivity contribution in [3.05, 3.63) is 35.5 Å². The molecule has 6 nitrogen and oxygen atoms in total. The molecule has 1 amide bonds. The minimum atomic E-state index is -0.535. The highest BCUT2D eigenvalue weighted by Crippen LogP contribution is 2.20. The summed E-state index contributed by atoms with van der Waals surface area (Å²) >= 11 is 5.77. The first-order valence-electron chi connectivity index (χ1n) is 6.91. The number of amides is 1. The van der Waals surface area contributed by atoms with Crippen molar-refractivity contribution in [2.24, 2.45) is 0 Å². The Morgan fingerprint density at radius 3 is 2.64 bits per heavy atom. The number of hydrogen-bond donors (Lipinski definition) is 2. The smallest absolute Gasteiger partial charge is 0.408 e. The van der Waals surface area contributed by atoms with Gasteiger partial charge in [0.15, 0.2) is 0 Å². The molecule has 2 aromatic heterocycles. The van der Waals surface area contributed by atoms with Gasteiger partial charge in [0.1, 0.15) is 16.6 Å². The number of aromatic amines is 1. The maximum atomic E-state index is 11.8. The van der Waals surface area contributed by atoms with Gasteiger partial charge in [-0.3, -0.25) is 0 Å². The number of H-pyrrole nitrogens is 1. The van der Waals surface area contributed by atoms with E-state index in [0.717, 1.165) is 11.3 Å². The maximum absolute atomic E-state index is 11.8. The number of pyridine rings is 1. The third kappa shape index (κ3) is 4.46. The number of aromatic nitrogens is 3. The number of carbonyl (C=O) groups excluding carboxylic acids is 1. The SMILES string of the molecule is C[C@H](NC(=O)OC(C)(C)C)c1ncc(-c2ccc(Cl)nc2)[nH]1. The second-order valence-corrected chi connectivity index (χ2v) is 6.31. The lowest BCUT2D eigenvalue weighted by molar-refractivity contribution is 0.0506. The lowest BCUT2D eigenvalue weighted by Gasteiger charge is -2.21. The monoisotopic (exact) mass is 322 g/mol. The van der Waals surface area contributed by atoms with E-state index in [1.54, 1.807) is 18.5 Å². The van der Waals surface area contributed by atoms with Crippen LogP contribution in [0.4, 0.5) is 4.79 Å². The summed E-state index contributed by atoms with van der Waals surface area (Å²) in [6.07, 6.45) is 2.87. The van der Waals surface area contributed by atoms with Gasteiger partial charge >= 0.3 is 6.09 Å². The summed E-state index contributed by atoms with van der Waals surface area (Å²) in [4.78, 5) is 23.2. The Bertz CT molecular complexity index is 646. The molecule has 0 aliphatic carbocycles. The Kier molecular flexibility index (Phi) is 4.71. The van der Waals surface area contributed by atoms with Gasteiger partial charge in [0.2, 0.25) is 0 Å². The number of halogens is 1. The highest BCUT2D eigenvalue weighted by molar-refractivity contribution is 6.29. The van der Waals surface area contributed by atoms with Crippen molar-refractivity contribution in [1.29, 1.82) is 0 Å². The second kappa shape index (κ2) is 6.36. The summed E-state index contributed by atoms with van der Waals surface area (Å²) in [6.45, 7) is 7.27. The molecule has 0 radical (unpaired) electrons. The Balaban J connectivity index is 2.04. The van der Waals surface area contributed by atoms with Gasteiger partial charge in [-0.25, -0.2) is 14.8 Å². The van der Waals surface area contributed by atoms with Gasteiger partial charge in [0.05, 0.1) is 17.9 Å². The van der Waals surface area contributed by atoms with Crippen LogP contribution in [0.25, 0.3) is 11.3 Å². The van der Waals surface area contributed by atoms with E-state index < -0.39 is 11.7 Å². The minimum absolute atomic E-state index is 0.302. The van der Waals surface area contributed by atoms with Gasteiger partial charge in [0, 0.05) is 11.8 Å². The van der Waals surface area contributed by atoms with Crippen LogP contribution in [-0.2, 0) is 4.74 Å². The highest BCUT2D eigenvalue weighted by Gasteiger charge is 2.19. The van der Waals surface area contributed by atoms with Crippen molar-refractivity contribution in [3.63, 3.8) is 0 Å². The Morgan fingerprint density at radius 1 is 1.32 bits per heavy atom. The van der Waals surface area contributed by atoms with E-state index in [4.69, 9.17) is 16.3 Å². The average molecular weight is 323 g/mol. The molecular formula is C15H19ClN4O2. The molecule has 2 rings (SSSR count). The van der Waals surface area contributed by atoms with Crippen LogP contribution < -0.4 is 5.32 Å². The van der Waals surface area contributed by atoms with Gasteiger partial charge in [-0.15, -0.1) is 0 Å². The summed E-state index contributed by atoms with van der Waals surface area (Å²) in [5.74, 6) is 0.635. The Hall–Kier alpha value is -2.08. The lowest BCUT2D eigenvalue weighted by atomic mass is 10.2. The number of carbonyl (C=O) groups is 1. The summed E-state index contributed by atoms with van der Waals surface area (Å²) in [6, 6.07) is 3.25. The first-order valence-corrected chi connectivity index (χ1v) is 7.29. The quantitative estimate of drug-likeness (QED) is 0.844. The Labute approximate surface area is 134 Å². The fourth-order valence-electron chi connectivity index (χ4n) is 1.79. The normalized spacial score (nSPS) is 12.8. The molecule has 0 aliphatic rings. The number of nitrogens with one attached hydrogen (secondary N) is 2. The van der Waals surface area contributed by atoms with E-state index in [0.29, 0.717) is 11.0 Å². The summed E-state index contributed by atoms with van der Waals surface area (Å²) in [5, 5.41) is 3.17. The number of imidazole rings is 1. The molecule has 1 atom stereocenters. The molecule has 2 aromatic rings. The van der Waals surface area contributed by atoms with Gasteiger partial charge in [-0.2, -0.15) is 0 Å². The molecule has 0 bridgehead atoms. The van der Waals surface area contributed by atoms with Crippen molar-refractivity contribution < 1.29 is 9.53 Å². The fourth-order valence-corrected chi connectivity index (χ4v) is 1.90. The molecule has 22 heavy (non-hydrogen) atoms. The van der Waals surface area contributed by atoms with Crippen LogP contribution in [0.1, 0.15) is 39.6 Å². The van der Waals surface area contributed by atoms with Crippen molar-refractivity contribution in [2.45, 2.75) is 39.3 Å². The van der Waals surface area contributed by atoms with Crippen molar-refractivity contribution in [2.75, 3.05) is 0 Å². The molecule has 0 fully saturated rings. The van der Waals surface area contributed by atoms with Crippen LogP contribution in [0.3, 0.4) is 0 Å². The number of ether oxygens (including phenoxy) is 1. The molecule has 0 unspecified atom stereocenters. The number of rotatable bonds is 3. The molecule has 2 heterocycles. The maximum Gasteiger partial charge on any atom is 0.408 e. The van der Waals surface area contributed by atoms with Gasteiger partial charge < -0.3 is 15.0 Å². The minimum Gasteiger partial charge on any atom is -0.444 e. The van der Waals surface area contributed by atoms with Crippen LogP contribution in [0.5, 0.6) is 0 Å². The second-order valence-electron chi connectivity index (χ2n) is 5.92. The van der Waals surface area contributed by atoms with Crippen LogP contribution in [0, 0.1) is 0 Å². The van der Waals surface area contributed by atoms with E-state index in [1.165, 1.54) is 0 Å². The van der Waals surface area contributed by atoms with Gasteiger partial charge in [-0.1, -0.05) is 11.6 Å². The molecular weight excluding hydrogens is 304 g/mol. The van der Waals surface area contributed by atoms with Crippen molar-refractivity contribution in [3.8, 4) is 11.3 Å². The fraction of sp³-hybridized carbons (Fsp3) is 0.400. The summed E-state index contributed by atoms with van der Waals surface area (Å²) < 4.78 is 5.22. The Morgan fingerprint density at radius 2 is 2.05 bits per heavy atom. The number of alkyl carbamates (subject to hydrolysis) is 1. The molecule has 2 N–H and O–H groups in total. The highest BCUT2D eigenvalue weighted by atomic mass is 35.5. The zero-order chi connectivity index (χ0) is 16.3. The van der Waals surface area contributed by atoms with E-state index in [2.05, 4.69) is 20.3 Å². The molecule has 0 spiro atoms. The predicted molar refractivity (Wildman–Crippen MR) is 84.6 cm³/mol. The van der Waals surface area contributed by atoms with E-state index in [9.17, 15) is 4.79 Å². The first-order chi connectivity index (χ1) is 10.2. The molecule has 0 aromatic carbocycles. The topological polar surface area (TPSA) is 79.9 Å². The van der Waals surface area contributed by atoms with Crippen LogP contribution >= 0.6 is 11.6 Å². The molecule has 118 valence electrons. The predicted octanol–water partition coefficient (Wildman–Crippen LogP) is 3.71. The lowest BCUT2D eigenvalue weighted by Crippen LogP contribution is -2.34. The van der Waals surface area contributed by atoms with E-state index in [-0.39, 0.29) is 6.04 Å². The van der Waals surface area contributed by atoms with E-state index in [1.807, 2.05) is 33.8 Å².